The molecular formula is C9H6BrF3N2. The van der Waals surface area contributed by atoms with E-state index in [0.717, 1.165) is 4.68 Å². The van der Waals surface area contributed by atoms with Gasteiger partial charge >= 0.3 is 6.18 Å². The van der Waals surface area contributed by atoms with Crippen LogP contribution in [0.5, 0.6) is 0 Å². The van der Waals surface area contributed by atoms with Gasteiger partial charge < -0.3 is 0 Å². The highest BCUT2D eigenvalue weighted by molar-refractivity contribution is 9.10. The minimum Gasteiger partial charge on any atom is -0.262 e. The number of hydrogen-bond donors (Lipinski definition) is 0. The van der Waals surface area contributed by atoms with Crippen LogP contribution in [0.2, 0.25) is 0 Å². The van der Waals surface area contributed by atoms with Crippen molar-refractivity contribution in [3.63, 3.8) is 0 Å². The van der Waals surface area contributed by atoms with E-state index in [1.165, 1.54) is 7.05 Å². The van der Waals surface area contributed by atoms with Crippen molar-refractivity contribution < 1.29 is 13.2 Å². The quantitative estimate of drug-likeness (QED) is 0.723. The van der Waals surface area contributed by atoms with Gasteiger partial charge in [0.1, 0.15) is 0 Å². The number of halogens is 4. The van der Waals surface area contributed by atoms with E-state index in [2.05, 4.69) is 21.0 Å². The second-order valence-electron chi connectivity index (χ2n) is 3.10. The monoisotopic (exact) mass is 278 g/mol. The molecule has 0 unspecified atom stereocenters. The van der Waals surface area contributed by atoms with Crippen LogP contribution in [0.4, 0.5) is 13.2 Å². The van der Waals surface area contributed by atoms with Crippen LogP contribution in [0.3, 0.4) is 0 Å². The van der Waals surface area contributed by atoms with E-state index < -0.39 is 11.9 Å². The number of fused-ring (bicyclic) bond motifs is 1. The van der Waals surface area contributed by atoms with Gasteiger partial charge in [-0.05, 0) is 12.1 Å². The number of aryl methyl sites for hydroxylation is 1. The summed E-state index contributed by atoms with van der Waals surface area (Å²) in [4.78, 5) is 0. The van der Waals surface area contributed by atoms with Crippen LogP contribution >= 0.6 is 15.9 Å². The Hall–Kier alpha value is -1.04. The zero-order valence-electron chi connectivity index (χ0n) is 7.64. The van der Waals surface area contributed by atoms with Gasteiger partial charge in [0.25, 0.3) is 0 Å². The van der Waals surface area contributed by atoms with Crippen molar-refractivity contribution in [3.05, 3.63) is 28.4 Å². The van der Waals surface area contributed by atoms with Crippen molar-refractivity contribution >= 4 is 26.8 Å². The first-order valence-corrected chi connectivity index (χ1v) is 4.89. The first-order chi connectivity index (χ1) is 6.91. The van der Waals surface area contributed by atoms with Crippen molar-refractivity contribution in [1.82, 2.24) is 9.78 Å². The number of alkyl halides is 3. The number of aromatic nitrogens is 2. The van der Waals surface area contributed by atoms with Gasteiger partial charge in [0.15, 0.2) is 5.69 Å². The van der Waals surface area contributed by atoms with E-state index in [1.807, 2.05) is 0 Å². The summed E-state index contributed by atoms with van der Waals surface area (Å²) in [6, 6.07) is 4.77. The molecular weight excluding hydrogens is 273 g/mol. The lowest BCUT2D eigenvalue weighted by atomic mass is 10.2. The highest BCUT2D eigenvalue weighted by atomic mass is 79.9. The van der Waals surface area contributed by atoms with Crippen LogP contribution in [0.15, 0.2) is 22.7 Å². The van der Waals surface area contributed by atoms with Gasteiger partial charge in [-0.25, -0.2) is 0 Å². The third-order valence-electron chi connectivity index (χ3n) is 2.08. The Kier molecular flexibility index (Phi) is 2.26. The molecule has 1 heterocycles. The molecule has 2 rings (SSSR count). The molecule has 0 bridgehead atoms. The lowest BCUT2D eigenvalue weighted by Gasteiger charge is -2.07. The zero-order valence-corrected chi connectivity index (χ0v) is 9.22. The molecule has 0 N–H and O–H groups in total. The number of rotatable bonds is 0. The summed E-state index contributed by atoms with van der Waals surface area (Å²) in [5.41, 5.74) is -0.399. The third-order valence-corrected chi connectivity index (χ3v) is 2.74. The molecule has 1 aromatic heterocycles. The minimum atomic E-state index is -4.40. The van der Waals surface area contributed by atoms with Gasteiger partial charge in [-0.15, -0.1) is 0 Å². The highest BCUT2D eigenvalue weighted by Gasteiger charge is 2.37. The number of nitrogens with zero attached hydrogens (tertiary/aromatic N) is 2. The molecule has 2 nitrogen and oxygen atoms in total. The molecule has 2 aromatic rings. The normalized spacial score (nSPS) is 12.3. The van der Waals surface area contributed by atoms with Gasteiger partial charge in [-0.2, -0.15) is 18.3 Å². The molecule has 0 radical (unpaired) electrons. The molecule has 0 amide bonds. The van der Waals surface area contributed by atoms with Crippen molar-refractivity contribution in [2.45, 2.75) is 6.18 Å². The molecule has 0 fully saturated rings. The van der Waals surface area contributed by atoms with E-state index in [9.17, 15) is 13.2 Å². The van der Waals surface area contributed by atoms with E-state index in [0.29, 0.717) is 9.99 Å². The minimum absolute atomic E-state index is 0.104. The van der Waals surface area contributed by atoms with Crippen LogP contribution in [-0.2, 0) is 13.2 Å². The molecule has 0 spiro atoms. The predicted octanol–water partition coefficient (Wildman–Crippen LogP) is 3.35. The highest BCUT2D eigenvalue weighted by Crippen LogP contribution is 2.37. The fourth-order valence-electron chi connectivity index (χ4n) is 1.53. The van der Waals surface area contributed by atoms with E-state index in [4.69, 9.17) is 0 Å². The summed E-state index contributed by atoms with van der Waals surface area (Å²) in [5, 5.41) is 3.91. The van der Waals surface area contributed by atoms with E-state index in [-0.39, 0.29) is 5.39 Å². The van der Waals surface area contributed by atoms with Crippen LogP contribution in [0, 0.1) is 0 Å². The summed E-state index contributed by atoms with van der Waals surface area (Å²) >= 11 is 3.10. The van der Waals surface area contributed by atoms with Crippen LogP contribution in [-0.4, -0.2) is 9.78 Å². The Labute approximate surface area is 91.8 Å². The van der Waals surface area contributed by atoms with Gasteiger partial charge in [0, 0.05) is 16.9 Å². The lowest BCUT2D eigenvalue weighted by molar-refractivity contribution is -0.142. The topological polar surface area (TPSA) is 17.8 Å². The average molecular weight is 279 g/mol. The summed E-state index contributed by atoms with van der Waals surface area (Å²) in [6.45, 7) is 0. The smallest absolute Gasteiger partial charge is 0.262 e. The van der Waals surface area contributed by atoms with Crippen molar-refractivity contribution in [2.75, 3.05) is 0 Å². The van der Waals surface area contributed by atoms with E-state index in [1.54, 1.807) is 18.2 Å². The molecule has 6 heteroatoms. The lowest BCUT2D eigenvalue weighted by Crippen LogP contribution is -2.12. The Morgan fingerprint density at radius 1 is 1.33 bits per heavy atom. The van der Waals surface area contributed by atoms with Crippen molar-refractivity contribution in [1.29, 1.82) is 0 Å². The molecule has 0 saturated heterocycles. The Bertz CT molecular complexity index is 516. The summed E-state index contributed by atoms with van der Waals surface area (Å²) < 4.78 is 39.4. The molecule has 1 aromatic carbocycles. The summed E-state index contributed by atoms with van der Waals surface area (Å²) in [7, 11) is 1.29. The molecule has 0 saturated carbocycles. The third kappa shape index (κ3) is 1.62. The first-order valence-electron chi connectivity index (χ1n) is 4.09. The molecule has 0 atom stereocenters. The average Bonchev–Trinajstić information content (AvgIpc) is 2.41. The maximum atomic E-state index is 12.7. The summed E-state index contributed by atoms with van der Waals surface area (Å²) in [6.07, 6.45) is -4.40. The van der Waals surface area contributed by atoms with Crippen LogP contribution < -0.4 is 0 Å². The first kappa shape index (κ1) is 10.5. The number of hydrogen-bond acceptors (Lipinski definition) is 1. The van der Waals surface area contributed by atoms with Gasteiger partial charge in [0.05, 0.1) is 5.52 Å². The van der Waals surface area contributed by atoms with Crippen LogP contribution in [0.1, 0.15) is 5.69 Å². The SMILES string of the molecule is Cn1nc2cccc(Br)c2c1C(F)(F)F. The number of benzene rings is 1. The largest absolute Gasteiger partial charge is 0.433 e. The summed E-state index contributed by atoms with van der Waals surface area (Å²) in [5.74, 6) is 0. The zero-order chi connectivity index (χ0) is 11.2. The molecule has 15 heavy (non-hydrogen) atoms. The maximum Gasteiger partial charge on any atom is 0.433 e. The fraction of sp³-hybridized carbons (Fsp3) is 0.222. The molecule has 0 aliphatic heterocycles. The Morgan fingerprint density at radius 3 is 2.60 bits per heavy atom. The molecule has 80 valence electrons. The Morgan fingerprint density at radius 2 is 2.00 bits per heavy atom. The molecule has 0 aliphatic rings. The molecule has 0 aliphatic carbocycles. The Balaban J connectivity index is 2.89. The van der Waals surface area contributed by atoms with Gasteiger partial charge in [-0.3, -0.25) is 4.68 Å². The predicted molar refractivity (Wildman–Crippen MR) is 53.4 cm³/mol. The van der Waals surface area contributed by atoms with E-state index >= 15 is 0 Å². The second-order valence-corrected chi connectivity index (χ2v) is 3.96. The standard InChI is InChI=1S/C9H6BrF3N2/c1-15-8(9(11,12)13)7-5(10)3-2-4-6(7)14-15/h2-4H,1H3. The van der Waals surface area contributed by atoms with Gasteiger partial charge in [-0.1, -0.05) is 22.0 Å². The van der Waals surface area contributed by atoms with Crippen molar-refractivity contribution in [3.8, 4) is 0 Å². The van der Waals surface area contributed by atoms with Crippen LogP contribution in [0.25, 0.3) is 10.9 Å². The van der Waals surface area contributed by atoms with Crippen molar-refractivity contribution in [2.24, 2.45) is 7.05 Å². The second kappa shape index (κ2) is 3.23. The van der Waals surface area contributed by atoms with Gasteiger partial charge in [0.2, 0.25) is 0 Å². The maximum absolute atomic E-state index is 12.7. The fourth-order valence-corrected chi connectivity index (χ4v) is 2.07.